The lowest BCUT2D eigenvalue weighted by atomic mass is 9.89. The highest BCUT2D eigenvalue weighted by molar-refractivity contribution is 6.17. The average Bonchev–Trinajstić information content (AvgIpc) is 2.88. The molecule has 0 saturated heterocycles. The van der Waals surface area contributed by atoms with E-state index in [1.807, 2.05) is 7.05 Å². The van der Waals surface area contributed by atoms with Gasteiger partial charge in [0.1, 0.15) is 5.54 Å². The van der Waals surface area contributed by atoms with Crippen molar-refractivity contribution in [2.75, 3.05) is 13.0 Å². The molecular weight excluding hydrogens is 242 g/mol. The standard InChI is InChI=1S/C11H16ClN3O2/c1-15-9-7-13-11(4-3-5-12,10(16)17-2)8(9)6-14-15/h6,13H,3-5,7H2,1-2H3. The summed E-state index contributed by atoms with van der Waals surface area (Å²) in [5, 5.41) is 7.44. The molecule has 0 aliphatic carbocycles. The van der Waals surface area contributed by atoms with Crippen LogP contribution < -0.4 is 5.32 Å². The van der Waals surface area contributed by atoms with Crippen molar-refractivity contribution in [3.05, 3.63) is 17.5 Å². The molecule has 0 fully saturated rings. The van der Waals surface area contributed by atoms with E-state index in [-0.39, 0.29) is 5.97 Å². The van der Waals surface area contributed by atoms with Gasteiger partial charge in [0.2, 0.25) is 0 Å². The first-order valence-electron chi connectivity index (χ1n) is 5.56. The molecule has 1 atom stereocenters. The molecule has 1 unspecified atom stereocenters. The molecular formula is C11H16ClN3O2. The molecule has 0 amide bonds. The number of carbonyl (C=O) groups is 1. The third kappa shape index (κ3) is 1.83. The molecule has 0 radical (unpaired) electrons. The first-order valence-corrected chi connectivity index (χ1v) is 6.10. The van der Waals surface area contributed by atoms with Gasteiger partial charge in [0.05, 0.1) is 19.0 Å². The highest BCUT2D eigenvalue weighted by Crippen LogP contribution is 2.35. The molecule has 2 rings (SSSR count). The van der Waals surface area contributed by atoms with Gasteiger partial charge in [0.25, 0.3) is 0 Å². The zero-order valence-corrected chi connectivity index (χ0v) is 10.8. The SMILES string of the molecule is COC(=O)C1(CCCCl)NCc2c1cnn2C. The van der Waals surface area contributed by atoms with Gasteiger partial charge in [-0.05, 0) is 12.8 Å². The summed E-state index contributed by atoms with van der Waals surface area (Å²) in [5.74, 6) is 0.255. The van der Waals surface area contributed by atoms with Gasteiger partial charge in [0, 0.05) is 25.0 Å². The molecule has 1 aliphatic heterocycles. The van der Waals surface area contributed by atoms with Crippen LogP contribution in [-0.4, -0.2) is 28.7 Å². The van der Waals surface area contributed by atoms with E-state index in [4.69, 9.17) is 16.3 Å². The van der Waals surface area contributed by atoms with E-state index >= 15 is 0 Å². The maximum atomic E-state index is 12.0. The van der Waals surface area contributed by atoms with E-state index < -0.39 is 5.54 Å². The second-order valence-corrected chi connectivity index (χ2v) is 4.55. The molecule has 2 heterocycles. The minimum atomic E-state index is -0.771. The summed E-state index contributed by atoms with van der Waals surface area (Å²) in [5.41, 5.74) is 1.18. The van der Waals surface area contributed by atoms with Crippen molar-refractivity contribution in [3.8, 4) is 0 Å². The highest BCUT2D eigenvalue weighted by Gasteiger charge is 2.47. The Balaban J connectivity index is 2.39. The molecule has 5 nitrogen and oxygen atoms in total. The molecule has 17 heavy (non-hydrogen) atoms. The second-order valence-electron chi connectivity index (χ2n) is 4.17. The van der Waals surface area contributed by atoms with Gasteiger partial charge in [-0.2, -0.15) is 5.10 Å². The largest absolute Gasteiger partial charge is 0.467 e. The summed E-state index contributed by atoms with van der Waals surface area (Å²) in [6.45, 7) is 0.628. The van der Waals surface area contributed by atoms with Gasteiger partial charge in [-0.25, -0.2) is 4.79 Å². The fourth-order valence-electron chi connectivity index (χ4n) is 2.37. The fourth-order valence-corrected chi connectivity index (χ4v) is 2.51. The number of nitrogens with zero attached hydrogens (tertiary/aromatic N) is 2. The summed E-state index contributed by atoms with van der Waals surface area (Å²) in [4.78, 5) is 12.0. The van der Waals surface area contributed by atoms with E-state index in [0.29, 0.717) is 18.8 Å². The number of aromatic nitrogens is 2. The van der Waals surface area contributed by atoms with Crippen LogP contribution in [0, 0.1) is 0 Å². The van der Waals surface area contributed by atoms with Crippen molar-refractivity contribution in [2.45, 2.75) is 24.9 Å². The average molecular weight is 258 g/mol. The van der Waals surface area contributed by atoms with Crippen LogP contribution in [0.1, 0.15) is 24.1 Å². The van der Waals surface area contributed by atoms with Crippen LogP contribution in [-0.2, 0) is 28.7 Å². The van der Waals surface area contributed by atoms with Gasteiger partial charge in [-0.1, -0.05) is 0 Å². The van der Waals surface area contributed by atoms with Crippen LogP contribution in [0.3, 0.4) is 0 Å². The Labute approximate surface area is 105 Å². The zero-order chi connectivity index (χ0) is 12.5. The maximum absolute atomic E-state index is 12.0. The summed E-state index contributed by atoms with van der Waals surface area (Å²) in [6, 6.07) is 0. The molecule has 1 N–H and O–H groups in total. The predicted octanol–water partition coefficient (Wildman–Crippen LogP) is 0.911. The Morgan fingerprint density at radius 1 is 1.76 bits per heavy atom. The van der Waals surface area contributed by atoms with Crippen molar-refractivity contribution in [2.24, 2.45) is 7.05 Å². The van der Waals surface area contributed by atoms with Gasteiger partial charge >= 0.3 is 5.97 Å². The van der Waals surface area contributed by atoms with Crippen molar-refractivity contribution in [3.63, 3.8) is 0 Å². The Hall–Kier alpha value is -1.07. The number of hydrogen-bond acceptors (Lipinski definition) is 4. The topological polar surface area (TPSA) is 56.1 Å². The number of rotatable bonds is 4. The van der Waals surface area contributed by atoms with E-state index in [9.17, 15) is 4.79 Å². The lowest BCUT2D eigenvalue weighted by Gasteiger charge is -2.26. The minimum Gasteiger partial charge on any atom is -0.467 e. The number of nitrogens with one attached hydrogen (secondary N) is 1. The van der Waals surface area contributed by atoms with Gasteiger partial charge < -0.3 is 4.74 Å². The van der Waals surface area contributed by atoms with E-state index in [2.05, 4.69) is 10.4 Å². The van der Waals surface area contributed by atoms with Gasteiger partial charge in [-0.15, -0.1) is 11.6 Å². The molecule has 0 spiro atoms. The van der Waals surface area contributed by atoms with Crippen LogP contribution in [0.15, 0.2) is 6.20 Å². The van der Waals surface area contributed by atoms with E-state index in [1.165, 1.54) is 7.11 Å². The number of methoxy groups -OCH3 is 1. The number of carbonyl (C=O) groups excluding carboxylic acids is 1. The van der Waals surface area contributed by atoms with Crippen molar-refractivity contribution in [1.82, 2.24) is 15.1 Å². The molecule has 94 valence electrons. The summed E-state index contributed by atoms with van der Waals surface area (Å²) in [7, 11) is 3.27. The smallest absolute Gasteiger partial charge is 0.330 e. The molecule has 1 aliphatic rings. The van der Waals surface area contributed by atoms with Crippen LogP contribution in [0.25, 0.3) is 0 Å². The zero-order valence-electron chi connectivity index (χ0n) is 9.99. The second kappa shape index (κ2) is 4.66. The number of ether oxygens (including phenoxy) is 1. The third-order valence-corrected chi connectivity index (χ3v) is 3.57. The first kappa shape index (κ1) is 12.4. The Morgan fingerprint density at radius 3 is 3.18 bits per heavy atom. The van der Waals surface area contributed by atoms with Crippen LogP contribution in [0.2, 0.25) is 0 Å². The number of fused-ring (bicyclic) bond motifs is 1. The molecule has 0 saturated carbocycles. The fraction of sp³-hybridized carbons (Fsp3) is 0.636. The Bertz CT molecular complexity index is 432. The number of aryl methyl sites for hydroxylation is 1. The molecule has 6 heteroatoms. The summed E-state index contributed by atoms with van der Waals surface area (Å²) in [6.07, 6.45) is 3.11. The quantitative estimate of drug-likeness (QED) is 0.644. The Morgan fingerprint density at radius 2 is 2.53 bits per heavy atom. The van der Waals surface area contributed by atoms with Gasteiger partial charge in [0.15, 0.2) is 0 Å². The minimum absolute atomic E-state index is 0.269. The summed E-state index contributed by atoms with van der Waals surface area (Å²) < 4.78 is 6.70. The van der Waals surface area contributed by atoms with Crippen LogP contribution in [0.4, 0.5) is 0 Å². The molecule has 1 aromatic heterocycles. The van der Waals surface area contributed by atoms with E-state index in [0.717, 1.165) is 17.7 Å². The number of esters is 1. The third-order valence-electron chi connectivity index (χ3n) is 3.30. The first-order chi connectivity index (χ1) is 8.15. The lowest BCUT2D eigenvalue weighted by Crippen LogP contribution is -2.45. The normalized spacial score (nSPS) is 22.5. The number of hydrogen-bond donors (Lipinski definition) is 1. The van der Waals surface area contributed by atoms with Crippen molar-refractivity contribution >= 4 is 17.6 Å². The van der Waals surface area contributed by atoms with Crippen molar-refractivity contribution in [1.29, 1.82) is 0 Å². The van der Waals surface area contributed by atoms with Crippen LogP contribution >= 0.6 is 11.6 Å². The number of alkyl halides is 1. The maximum Gasteiger partial charge on any atom is 0.330 e. The predicted molar refractivity (Wildman–Crippen MR) is 63.7 cm³/mol. The molecule has 0 aromatic carbocycles. The highest BCUT2D eigenvalue weighted by atomic mass is 35.5. The van der Waals surface area contributed by atoms with Gasteiger partial charge in [-0.3, -0.25) is 10.00 Å². The summed E-state index contributed by atoms with van der Waals surface area (Å²) >= 11 is 5.72. The van der Waals surface area contributed by atoms with Crippen LogP contribution in [0.5, 0.6) is 0 Å². The number of halogens is 1. The Kier molecular flexibility index (Phi) is 3.40. The monoisotopic (exact) mass is 257 g/mol. The van der Waals surface area contributed by atoms with E-state index in [1.54, 1.807) is 10.9 Å². The van der Waals surface area contributed by atoms with Crippen molar-refractivity contribution < 1.29 is 9.53 Å². The molecule has 1 aromatic rings. The molecule has 0 bridgehead atoms. The lowest BCUT2D eigenvalue weighted by molar-refractivity contribution is -0.149.